The first-order chi connectivity index (χ1) is 12.4. The number of methoxy groups -OCH3 is 1. The van der Waals surface area contributed by atoms with Gasteiger partial charge < -0.3 is 19.4 Å². The zero-order valence-corrected chi connectivity index (χ0v) is 16.2. The molecule has 0 fully saturated rings. The van der Waals surface area contributed by atoms with Crippen LogP contribution in [0.15, 0.2) is 30.3 Å². The summed E-state index contributed by atoms with van der Waals surface area (Å²) in [6.45, 7) is 8.36. The van der Waals surface area contributed by atoms with Crippen molar-refractivity contribution < 1.29 is 18.9 Å². The molecule has 0 spiro atoms. The summed E-state index contributed by atoms with van der Waals surface area (Å²) in [7, 11) is 1.56. The first kappa shape index (κ1) is 20.0. The molecule has 26 heavy (non-hydrogen) atoms. The topological polar surface area (TPSA) is 67.5 Å². The highest BCUT2D eigenvalue weighted by Crippen LogP contribution is 2.24. The van der Waals surface area contributed by atoms with Gasteiger partial charge in [-0.15, -0.1) is 4.73 Å². The second-order valence-electron chi connectivity index (χ2n) is 6.88. The number of hydrogen-bond acceptors (Lipinski definition) is 5. The standard InChI is InChI=1S/C20H28N2O4/c1-14(2)11-18-19(25-12-16-9-7-6-8-10-16)21-17(13-24-5)20(22(18)23)26-15(3)4/h6-10,14-15H,11-13H2,1-5H3. The quantitative estimate of drug-likeness (QED) is 0.506. The molecule has 0 aliphatic rings. The molecular formula is C20H28N2O4. The molecule has 0 atom stereocenters. The number of ether oxygens (including phenoxy) is 3. The molecule has 0 aliphatic heterocycles. The number of hydrogen-bond donors (Lipinski definition) is 0. The summed E-state index contributed by atoms with van der Waals surface area (Å²) in [6, 6.07) is 9.79. The van der Waals surface area contributed by atoms with Gasteiger partial charge in [0.15, 0.2) is 5.69 Å². The smallest absolute Gasteiger partial charge is 0.404 e. The van der Waals surface area contributed by atoms with Crippen LogP contribution in [0.1, 0.15) is 44.6 Å². The van der Waals surface area contributed by atoms with E-state index in [9.17, 15) is 5.21 Å². The molecule has 0 saturated carbocycles. The lowest BCUT2D eigenvalue weighted by Crippen LogP contribution is -2.38. The van der Waals surface area contributed by atoms with E-state index < -0.39 is 0 Å². The van der Waals surface area contributed by atoms with Crippen LogP contribution in [0, 0.1) is 11.1 Å². The third-order valence-corrected chi connectivity index (χ3v) is 3.61. The molecule has 1 aromatic heterocycles. The van der Waals surface area contributed by atoms with Gasteiger partial charge in [0.1, 0.15) is 6.61 Å². The van der Waals surface area contributed by atoms with Gasteiger partial charge in [0.25, 0.3) is 11.6 Å². The van der Waals surface area contributed by atoms with Gasteiger partial charge in [-0.05, 0) is 25.3 Å². The minimum absolute atomic E-state index is 0.143. The van der Waals surface area contributed by atoms with Crippen LogP contribution >= 0.6 is 0 Å². The van der Waals surface area contributed by atoms with Crippen molar-refractivity contribution in [3.8, 4) is 11.8 Å². The van der Waals surface area contributed by atoms with Crippen molar-refractivity contribution in [2.45, 2.75) is 53.4 Å². The van der Waals surface area contributed by atoms with E-state index in [0.29, 0.717) is 30.3 Å². The first-order valence-electron chi connectivity index (χ1n) is 8.90. The van der Waals surface area contributed by atoms with Crippen molar-refractivity contribution >= 4 is 0 Å². The summed E-state index contributed by atoms with van der Waals surface area (Å²) in [5, 5.41) is 13.0. The molecule has 0 bridgehead atoms. The Bertz CT molecular complexity index is 703. The van der Waals surface area contributed by atoms with E-state index >= 15 is 0 Å². The largest absolute Gasteiger partial charge is 0.616 e. The molecule has 0 radical (unpaired) electrons. The lowest BCUT2D eigenvalue weighted by atomic mass is 10.1. The summed E-state index contributed by atoms with van der Waals surface area (Å²) >= 11 is 0. The minimum atomic E-state index is -0.143. The predicted octanol–water partition coefficient (Wildman–Crippen LogP) is 3.43. The lowest BCUT2D eigenvalue weighted by Gasteiger charge is -2.18. The maximum atomic E-state index is 13.0. The molecular weight excluding hydrogens is 332 g/mol. The van der Waals surface area contributed by atoms with Gasteiger partial charge in [-0.2, -0.15) is 4.98 Å². The Morgan fingerprint density at radius 2 is 1.77 bits per heavy atom. The summed E-state index contributed by atoms with van der Waals surface area (Å²) in [5.41, 5.74) is 1.93. The van der Waals surface area contributed by atoms with Gasteiger partial charge in [-0.25, -0.2) is 0 Å². The van der Waals surface area contributed by atoms with Crippen molar-refractivity contribution in [1.29, 1.82) is 0 Å². The Balaban J connectivity index is 2.42. The molecule has 2 aromatic rings. The SMILES string of the molecule is COCc1nc(OCc2ccccc2)c(CC(C)C)[n+]([O-])c1OC(C)C. The highest BCUT2D eigenvalue weighted by molar-refractivity contribution is 5.24. The van der Waals surface area contributed by atoms with E-state index in [0.717, 1.165) is 10.3 Å². The second-order valence-corrected chi connectivity index (χ2v) is 6.88. The molecule has 1 aromatic carbocycles. The van der Waals surface area contributed by atoms with Crippen LogP contribution in [0.3, 0.4) is 0 Å². The maximum absolute atomic E-state index is 13.0. The molecule has 142 valence electrons. The van der Waals surface area contributed by atoms with Crippen molar-refractivity contribution in [3.63, 3.8) is 0 Å². The van der Waals surface area contributed by atoms with Crippen LogP contribution in [-0.2, 0) is 24.4 Å². The third kappa shape index (κ3) is 5.33. The van der Waals surface area contributed by atoms with Crippen molar-refractivity contribution in [2.24, 2.45) is 5.92 Å². The maximum Gasteiger partial charge on any atom is 0.404 e. The summed E-state index contributed by atoms with van der Waals surface area (Å²) in [6.07, 6.45) is 0.401. The Morgan fingerprint density at radius 1 is 1.08 bits per heavy atom. The zero-order valence-electron chi connectivity index (χ0n) is 16.2. The van der Waals surface area contributed by atoms with Gasteiger partial charge in [0.05, 0.1) is 12.7 Å². The van der Waals surface area contributed by atoms with Gasteiger partial charge in [0, 0.05) is 13.5 Å². The molecule has 1 heterocycles. The average Bonchev–Trinajstić information content (AvgIpc) is 2.59. The first-order valence-corrected chi connectivity index (χ1v) is 8.90. The highest BCUT2D eigenvalue weighted by atomic mass is 16.6. The zero-order chi connectivity index (χ0) is 19.1. The number of rotatable bonds is 9. The number of benzene rings is 1. The van der Waals surface area contributed by atoms with Gasteiger partial charge in [-0.1, -0.05) is 44.2 Å². The Morgan fingerprint density at radius 3 is 2.35 bits per heavy atom. The normalized spacial score (nSPS) is 11.2. The summed E-state index contributed by atoms with van der Waals surface area (Å²) < 4.78 is 17.6. The van der Waals surface area contributed by atoms with E-state index in [2.05, 4.69) is 4.98 Å². The molecule has 6 nitrogen and oxygen atoms in total. The Hall–Kier alpha value is -2.34. The number of aromatic nitrogens is 2. The number of nitrogens with zero attached hydrogens (tertiary/aromatic N) is 2. The van der Waals surface area contributed by atoms with Crippen LogP contribution in [0.5, 0.6) is 11.8 Å². The van der Waals surface area contributed by atoms with E-state index in [1.807, 2.05) is 58.0 Å². The van der Waals surface area contributed by atoms with E-state index in [1.54, 1.807) is 7.11 Å². The van der Waals surface area contributed by atoms with Gasteiger partial charge in [-0.3, -0.25) is 0 Å². The van der Waals surface area contributed by atoms with Crippen LogP contribution < -0.4 is 14.2 Å². The fraction of sp³-hybridized carbons (Fsp3) is 0.500. The van der Waals surface area contributed by atoms with Crippen molar-refractivity contribution in [3.05, 3.63) is 52.5 Å². The minimum Gasteiger partial charge on any atom is -0.616 e. The van der Waals surface area contributed by atoms with Crippen LogP contribution in [-0.4, -0.2) is 18.2 Å². The van der Waals surface area contributed by atoms with Crippen LogP contribution in [0.4, 0.5) is 0 Å². The molecule has 6 heteroatoms. The van der Waals surface area contributed by atoms with Gasteiger partial charge >= 0.3 is 5.88 Å². The Labute approximate surface area is 155 Å². The summed E-state index contributed by atoms with van der Waals surface area (Å²) in [5.74, 6) is 0.793. The average molecular weight is 360 g/mol. The molecule has 0 N–H and O–H groups in total. The molecule has 0 saturated heterocycles. The molecule has 0 amide bonds. The lowest BCUT2D eigenvalue weighted by molar-refractivity contribution is -0.624. The highest BCUT2D eigenvalue weighted by Gasteiger charge is 2.28. The predicted molar refractivity (Wildman–Crippen MR) is 99.0 cm³/mol. The molecule has 0 aliphatic carbocycles. The van der Waals surface area contributed by atoms with E-state index in [1.165, 1.54) is 0 Å². The fourth-order valence-corrected chi connectivity index (χ4v) is 2.53. The second kappa shape index (κ2) is 9.38. The molecule has 0 unspecified atom stereocenters. The monoisotopic (exact) mass is 360 g/mol. The fourth-order valence-electron chi connectivity index (χ4n) is 2.53. The van der Waals surface area contributed by atoms with E-state index in [-0.39, 0.29) is 24.5 Å². The van der Waals surface area contributed by atoms with Crippen molar-refractivity contribution in [1.82, 2.24) is 4.98 Å². The van der Waals surface area contributed by atoms with Crippen LogP contribution in [0.25, 0.3) is 0 Å². The Kier molecular flexibility index (Phi) is 7.21. The molecule has 2 rings (SSSR count). The van der Waals surface area contributed by atoms with Gasteiger partial charge in [0.2, 0.25) is 0 Å². The van der Waals surface area contributed by atoms with Crippen LogP contribution in [0.2, 0.25) is 0 Å². The van der Waals surface area contributed by atoms with Crippen molar-refractivity contribution in [2.75, 3.05) is 7.11 Å². The summed E-state index contributed by atoms with van der Waals surface area (Å²) in [4.78, 5) is 4.55. The van der Waals surface area contributed by atoms with E-state index in [4.69, 9.17) is 14.2 Å². The third-order valence-electron chi connectivity index (χ3n) is 3.61.